The van der Waals surface area contributed by atoms with Gasteiger partial charge >= 0.3 is 0 Å². The van der Waals surface area contributed by atoms with E-state index in [2.05, 4.69) is 20.3 Å². The van der Waals surface area contributed by atoms with Crippen molar-refractivity contribution in [2.24, 2.45) is 0 Å². The summed E-state index contributed by atoms with van der Waals surface area (Å²) in [6, 6.07) is 13.3. The van der Waals surface area contributed by atoms with Gasteiger partial charge in [0.2, 0.25) is 11.8 Å². The van der Waals surface area contributed by atoms with E-state index in [0.717, 1.165) is 0 Å². The molecule has 1 aromatic carbocycles. The van der Waals surface area contributed by atoms with E-state index >= 15 is 0 Å². The molecule has 2 N–H and O–H groups in total. The molecule has 0 bridgehead atoms. The first-order valence-corrected chi connectivity index (χ1v) is 7.18. The standard InChI is InChI=1S/C17H14N4O3/c1-11-9-14(22)20-17(19-11)21-16(23)12-5-4-6-13(10-12)24-15-7-2-3-8-18-15/h2-10H,1H3,(H2,19,20,21,22,23). The molecule has 3 aromatic rings. The fourth-order valence-corrected chi connectivity index (χ4v) is 2.05. The van der Waals surface area contributed by atoms with Crippen LogP contribution in [-0.4, -0.2) is 20.9 Å². The summed E-state index contributed by atoms with van der Waals surface area (Å²) in [6.45, 7) is 1.67. The molecule has 2 aromatic heterocycles. The van der Waals surface area contributed by atoms with Gasteiger partial charge < -0.3 is 4.74 Å². The summed E-state index contributed by atoms with van der Waals surface area (Å²) >= 11 is 0. The maximum Gasteiger partial charge on any atom is 0.258 e. The molecular weight excluding hydrogens is 308 g/mol. The van der Waals surface area contributed by atoms with E-state index in [4.69, 9.17) is 4.74 Å². The van der Waals surface area contributed by atoms with Crippen LogP contribution in [-0.2, 0) is 0 Å². The van der Waals surface area contributed by atoms with E-state index in [0.29, 0.717) is 22.9 Å². The fraction of sp³-hybridized carbons (Fsp3) is 0.0588. The van der Waals surface area contributed by atoms with Gasteiger partial charge in [-0.15, -0.1) is 0 Å². The molecule has 0 atom stereocenters. The lowest BCUT2D eigenvalue weighted by Crippen LogP contribution is -2.18. The number of aromatic nitrogens is 3. The van der Waals surface area contributed by atoms with E-state index in [1.807, 2.05) is 0 Å². The van der Waals surface area contributed by atoms with Gasteiger partial charge in [-0.3, -0.25) is 19.9 Å². The number of amides is 1. The predicted octanol–water partition coefficient (Wildman–Crippen LogP) is 2.52. The largest absolute Gasteiger partial charge is 0.439 e. The Kier molecular flexibility index (Phi) is 4.33. The van der Waals surface area contributed by atoms with Crippen molar-refractivity contribution in [1.29, 1.82) is 0 Å². The highest BCUT2D eigenvalue weighted by molar-refractivity contribution is 6.03. The van der Waals surface area contributed by atoms with Crippen LogP contribution in [0.15, 0.2) is 59.5 Å². The summed E-state index contributed by atoms with van der Waals surface area (Å²) in [6.07, 6.45) is 1.62. The van der Waals surface area contributed by atoms with Gasteiger partial charge in [-0.2, -0.15) is 0 Å². The van der Waals surface area contributed by atoms with Gasteiger partial charge in [0, 0.05) is 29.6 Å². The normalized spacial score (nSPS) is 10.2. The molecule has 0 aliphatic rings. The van der Waals surface area contributed by atoms with Crippen LogP contribution < -0.4 is 15.6 Å². The quantitative estimate of drug-likeness (QED) is 0.769. The second-order valence-corrected chi connectivity index (χ2v) is 4.99. The smallest absolute Gasteiger partial charge is 0.258 e. The van der Waals surface area contributed by atoms with Gasteiger partial charge in [-0.1, -0.05) is 12.1 Å². The van der Waals surface area contributed by atoms with Gasteiger partial charge in [-0.25, -0.2) is 9.97 Å². The second kappa shape index (κ2) is 6.74. The lowest BCUT2D eigenvalue weighted by Gasteiger charge is -2.07. The molecule has 7 heteroatoms. The number of benzene rings is 1. The molecule has 0 saturated heterocycles. The molecule has 0 fully saturated rings. The number of carbonyl (C=O) groups is 1. The summed E-state index contributed by atoms with van der Waals surface area (Å²) in [5, 5.41) is 2.55. The Labute approximate surface area is 137 Å². The average molecular weight is 322 g/mol. The lowest BCUT2D eigenvalue weighted by atomic mass is 10.2. The SMILES string of the molecule is Cc1cc(=O)[nH]c(NC(=O)c2cccc(Oc3ccccn3)c2)n1. The van der Waals surface area contributed by atoms with E-state index in [-0.39, 0.29) is 11.5 Å². The second-order valence-electron chi connectivity index (χ2n) is 4.99. The third-order valence-corrected chi connectivity index (χ3v) is 3.06. The van der Waals surface area contributed by atoms with Crippen LogP contribution in [0.1, 0.15) is 16.1 Å². The van der Waals surface area contributed by atoms with Crippen molar-refractivity contribution in [3.63, 3.8) is 0 Å². The van der Waals surface area contributed by atoms with E-state index in [9.17, 15) is 9.59 Å². The fourth-order valence-electron chi connectivity index (χ4n) is 2.05. The van der Waals surface area contributed by atoms with Gasteiger partial charge in [0.1, 0.15) is 5.75 Å². The number of rotatable bonds is 4. The van der Waals surface area contributed by atoms with Crippen LogP contribution >= 0.6 is 0 Å². The molecule has 0 radical (unpaired) electrons. The molecule has 24 heavy (non-hydrogen) atoms. The Morgan fingerprint density at radius 2 is 2.04 bits per heavy atom. The van der Waals surface area contributed by atoms with Crippen molar-refractivity contribution in [3.8, 4) is 11.6 Å². The Hall–Kier alpha value is -3.48. The number of hydrogen-bond donors (Lipinski definition) is 2. The van der Waals surface area contributed by atoms with Crippen LogP contribution in [0.3, 0.4) is 0 Å². The van der Waals surface area contributed by atoms with Crippen LogP contribution in [0.4, 0.5) is 5.95 Å². The van der Waals surface area contributed by atoms with E-state index in [1.54, 1.807) is 55.6 Å². The van der Waals surface area contributed by atoms with Crippen molar-refractivity contribution in [2.75, 3.05) is 5.32 Å². The maximum atomic E-state index is 12.3. The highest BCUT2D eigenvalue weighted by Gasteiger charge is 2.09. The zero-order chi connectivity index (χ0) is 16.9. The van der Waals surface area contributed by atoms with Gasteiger partial charge in [-0.05, 0) is 31.2 Å². The number of ether oxygens (including phenoxy) is 1. The van der Waals surface area contributed by atoms with Crippen LogP contribution in [0, 0.1) is 6.92 Å². The first kappa shape index (κ1) is 15.4. The van der Waals surface area contributed by atoms with E-state index in [1.165, 1.54) is 6.07 Å². The number of nitrogens with zero attached hydrogens (tertiary/aromatic N) is 2. The molecule has 3 rings (SSSR count). The predicted molar refractivity (Wildman–Crippen MR) is 88.3 cm³/mol. The number of aromatic amines is 1. The van der Waals surface area contributed by atoms with Gasteiger partial charge in [0.15, 0.2) is 0 Å². The minimum absolute atomic E-state index is 0.0982. The molecule has 120 valence electrons. The van der Waals surface area contributed by atoms with Gasteiger partial charge in [0.25, 0.3) is 11.5 Å². The molecular formula is C17H14N4O3. The number of nitrogens with one attached hydrogen (secondary N) is 2. The Morgan fingerprint density at radius 3 is 2.79 bits per heavy atom. The summed E-state index contributed by atoms with van der Waals surface area (Å²) in [5.41, 5.74) is 0.555. The number of anilines is 1. The Bertz CT molecular complexity index is 922. The molecule has 0 spiro atoms. The monoisotopic (exact) mass is 322 g/mol. The summed E-state index contributed by atoms with van der Waals surface area (Å²) in [7, 11) is 0. The van der Waals surface area contributed by atoms with Gasteiger partial charge in [0.05, 0.1) is 0 Å². The van der Waals surface area contributed by atoms with Crippen LogP contribution in [0.5, 0.6) is 11.6 Å². The van der Waals surface area contributed by atoms with Crippen molar-refractivity contribution in [2.45, 2.75) is 6.92 Å². The zero-order valence-corrected chi connectivity index (χ0v) is 12.8. The highest BCUT2D eigenvalue weighted by Crippen LogP contribution is 2.20. The molecule has 2 heterocycles. The number of H-pyrrole nitrogens is 1. The van der Waals surface area contributed by atoms with E-state index < -0.39 is 5.91 Å². The average Bonchev–Trinajstić information content (AvgIpc) is 2.55. The Balaban J connectivity index is 1.78. The number of hydrogen-bond acceptors (Lipinski definition) is 5. The van der Waals surface area contributed by atoms with Crippen molar-refractivity contribution in [3.05, 3.63) is 76.3 Å². The molecule has 1 amide bonds. The highest BCUT2D eigenvalue weighted by atomic mass is 16.5. The topological polar surface area (TPSA) is 97.0 Å². The molecule has 0 unspecified atom stereocenters. The number of aryl methyl sites for hydroxylation is 1. The minimum Gasteiger partial charge on any atom is -0.439 e. The first-order valence-electron chi connectivity index (χ1n) is 7.18. The minimum atomic E-state index is -0.407. The third kappa shape index (κ3) is 3.83. The van der Waals surface area contributed by atoms with Crippen LogP contribution in [0.25, 0.3) is 0 Å². The molecule has 0 aliphatic heterocycles. The summed E-state index contributed by atoms with van der Waals surface area (Å²) in [4.78, 5) is 34.3. The lowest BCUT2D eigenvalue weighted by molar-refractivity contribution is 0.102. The zero-order valence-electron chi connectivity index (χ0n) is 12.8. The number of carbonyl (C=O) groups excluding carboxylic acids is 1. The van der Waals surface area contributed by atoms with Crippen LogP contribution in [0.2, 0.25) is 0 Å². The third-order valence-electron chi connectivity index (χ3n) is 3.06. The first-order chi connectivity index (χ1) is 11.6. The number of pyridine rings is 1. The Morgan fingerprint density at radius 1 is 1.17 bits per heavy atom. The molecule has 0 saturated carbocycles. The molecule has 0 aliphatic carbocycles. The molecule has 7 nitrogen and oxygen atoms in total. The van der Waals surface area contributed by atoms with Crippen molar-refractivity contribution >= 4 is 11.9 Å². The summed E-state index contributed by atoms with van der Waals surface area (Å²) in [5.74, 6) is 0.600. The van der Waals surface area contributed by atoms with Crippen molar-refractivity contribution in [1.82, 2.24) is 15.0 Å². The maximum absolute atomic E-state index is 12.3. The summed E-state index contributed by atoms with van der Waals surface area (Å²) < 4.78 is 5.59. The van der Waals surface area contributed by atoms with Crippen molar-refractivity contribution < 1.29 is 9.53 Å².